The highest BCUT2D eigenvalue weighted by atomic mass is 16.3. The Morgan fingerprint density at radius 3 is 2.62 bits per heavy atom. The Balaban J connectivity index is 1.64. The molecule has 92 valence electrons. The molecule has 1 nitrogen and oxygen atoms in total. The van der Waals surface area contributed by atoms with Crippen molar-refractivity contribution in [1.29, 1.82) is 0 Å². The first-order valence-electron chi connectivity index (χ1n) is 7.40. The summed E-state index contributed by atoms with van der Waals surface area (Å²) < 4.78 is 0. The Morgan fingerprint density at radius 2 is 2.00 bits per heavy atom. The second kappa shape index (κ2) is 4.01. The van der Waals surface area contributed by atoms with Crippen LogP contribution in [-0.2, 0) is 0 Å². The summed E-state index contributed by atoms with van der Waals surface area (Å²) in [5.74, 6) is 3.41. The molecule has 3 saturated carbocycles. The van der Waals surface area contributed by atoms with Crippen LogP contribution in [0.15, 0.2) is 0 Å². The monoisotopic (exact) mass is 222 g/mol. The lowest BCUT2D eigenvalue weighted by molar-refractivity contribution is -0.0645. The summed E-state index contributed by atoms with van der Waals surface area (Å²) in [5, 5.41) is 10.8. The predicted molar refractivity (Wildman–Crippen MR) is 66.1 cm³/mol. The van der Waals surface area contributed by atoms with Gasteiger partial charge < -0.3 is 5.11 Å². The Morgan fingerprint density at radius 1 is 1.12 bits per heavy atom. The third-order valence-electron chi connectivity index (χ3n) is 5.91. The van der Waals surface area contributed by atoms with Gasteiger partial charge in [-0.05, 0) is 62.2 Å². The fraction of sp³-hybridized carbons (Fsp3) is 1.00. The maximum Gasteiger partial charge on any atom is 0.0675 e. The van der Waals surface area contributed by atoms with Gasteiger partial charge in [0.25, 0.3) is 0 Å². The lowest BCUT2D eigenvalue weighted by Gasteiger charge is -2.41. The zero-order valence-electron chi connectivity index (χ0n) is 10.6. The fourth-order valence-electron chi connectivity index (χ4n) is 4.78. The largest absolute Gasteiger partial charge is 0.390 e. The average Bonchev–Trinajstić information content (AvgIpc) is 2.84. The van der Waals surface area contributed by atoms with Gasteiger partial charge in [0.15, 0.2) is 0 Å². The molecule has 3 aliphatic carbocycles. The van der Waals surface area contributed by atoms with Gasteiger partial charge in [0.1, 0.15) is 0 Å². The zero-order valence-corrected chi connectivity index (χ0v) is 10.6. The summed E-state index contributed by atoms with van der Waals surface area (Å²) in [6, 6.07) is 0. The van der Waals surface area contributed by atoms with E-state index in [-0.39, 0.29) is 5.60 Å². The molecule has 5 atom stereocenters. The molecule has 1 N–H and O–H groups in total. The third-order valence-corrected chi connectivity index (χ3v) is 5.91. The zero-order chi connectivity index (χ0) is 11.2. The minimum absolute atomic E-state index is 0.298. The number of fused-ring (bicyclic) bond motifs is 2. The molecule has 2 bridgehead atoms. The summed E-state index contributed by atoms with van der Waals surface area (Å²) in [7, 11) is 0. The Bertz CT molecular complexity index is 262. The number of hydrogen-bond donors (Lipinski definition) is 1. The van der Waals surface area contributed by atoms with E-state index in [0.29, 0.717) is 5.92 Å². The lowest BCUT2D eigenvalue weighted by atomic mass is 9.69. The van der Waals surface area contributed by atoms with Crippen LogP contribution in [0.2, 0.25) is 0 Å². The van der Waals surface area contributed by atoms with E-state index in [9.17, 15) is 5.11 Å². The SMILES string of the molecule is CC1CCCCC1(O)CC1CC2CCC1C2. The standard InChI is InChI=1S/C15H26O/c1-11-4-2-3-7-15(11,16)10-14-9-12-5-6-13(14)8-12/h11-14,16H,2-10H2,1H3. The molecule has 0 saturated heterocycles. The Kier molecular flexibility index (Phi) is 2.78. The van der Waals surface area contributed by atoms with Crippen molar-refractivity contribution in [3.63, 3.8) is 0 Å². The third kappa shape index (κ3) is 1.81. The van der Waals surface area contributed by atoms with Crippen molar-refractivity contribution in [3.05, 3.63) is 0 Å². The summed E-state index contributed by atoms with van der Waals surface area (Å²) in [6.45, 7) is 2.27. The van der Waals surface area contributed by atoms with E-state index in [1.54, 1.807) is 0 Å². The predicted octanol–water partition coefficient (Wildman–Crippen LogP) is 3.75. The van der Waals surface area contributed by atoms with Crippen molar-refractivity contribution < 1.29 is 5.11 Å². The Labute approximate surface area is 99.6 Å². The summed E-state index contributed by atoms with van der Waals surface area (Å²) in [5.41, 5.74) is -0.298. The van der Waals surface area contributed by atoms with Crippen LogP contribution in [0.5, 0.6) is 0 Å². The highest BCUT2D eigenvalue weighted by Crippen LogP contribution is 2.52. The first kappa shape index (κ1) is 11.1. The van der Waals surface area contributed by atoms with Crippen LogP contribution in [0.4, 0.5) is 0 Å². The van der Waals surface area contributed by atoms with E-state index in [2.05, 4.69) is 6.92 Å². The van der Waals surface area contributed by atoms with E-state index in [4.69, 9.17) is 0 Å². The van der Waals surface area contributed by atoms with Crippen LogP contribution in [0.3, 0.4) is 0 Å². The number of aliphatic hydroxyl groups is 1. The van der Waals surface area contributed by atoms with Gasteiger partial charge in [0, 0.05) is 0 Å². The molecule has 16 heavy (non-hydrogen) atoms. The minimum atomic E-state index is -0.298. The summed E-state index contributed by atoms with van der Waals surface area (Å²) in [4.78, 5) is 0. The summed E-state index contributed by atoms with van der Waals surface area (Å²) in [6.07, 6.45) is 11.9. The molecule has 0 amide bonds. The normalized spacial score (nSPS) is 52.1. The fourth-order valence-corrected chi connectivity index (χ4v) is 4.78. The second-order valence-corrected chi connectivity index (χ2v) is 6.89. The highest BCUT2D eigenvalue weighted by Gasteiger charge is 2.45. The van der Waals surface area contributed by atoms with Crippen molar-refractivity contribution >= 4 is 0 Å². The molecule has 0 spiro atoms. The molecule has 0 heterocycles. The maximum atomic E-state index is 10.8. The molecule has 0 aromatic rings. The van der Waals surface area contributed by atoms with E-state index in [1.807, 2.05) is 0 Å². The van der Waals surface area contributed by atoms with Gasteiger partial charge in [0.05, 0.1) is 5.60 Å². The van der Waals surface area contributed by atoms with Gasteiger partial charge >= 0.3 is 0 Å². The lowest BCUT2D eigenvalue weighted by Crippen LogP contribution is -2.41. The first-order chi connectivity index (χ1) is 7.67. The van der Waals surface area contributed by atoms with Gasteiger partial charge in [0.2, 0.25) is 0 Å². The Hall–Kier alpha value is -0.0400. The van der Waals surface area contributed by atoms with Crippen molar-refractivity contribution in [1.82, 2.24) is 0 Å². The molecule has 0 aromatic heterocycles. The quantitative estimate of drug-likeness (QED) is 0.754. The van der Waals surface area contributed by atoms with Crippen LogP contribution in [-0.4, -0.2) is 10.7 Å². The van der Waals surface area contributed by atoms with Crippen LogP contribution < -0.4 is 0 Å². The average molecular weight is 222 g/mol. The summed E-state index contributed by atoms with van der Waals surface area (Å²) >= 11 is 0. The molecule has 3 aliphatic rings. The molecular weight excluding hydrogens is 196 g/mol. The van der Waals surface area contributed by atoms with Crippen molar-refractivity contribution in [2.75, 3.05) is 0 Å². The van der Waals surface area contributed by atoms with Crippen molar-refractivity contribution in [2.24, 2.45) is 23.7 Å². The molecular formula is C15H26O. The minimum Gasteiger partial charge on any atom is -0.390 e. The smallest absolute Gasteiger partial charge is 0.0675 e. The van der Waals surface area contributed by atoms with Gasteiger partial charge in [-0.15, -0.1) is 0 Å². The van der Waals surface area contributed by atoms with Crippen molar-refractivity contribution in [3.8, 4) is 0 Å². The maximum absolute atomic E-state index is 10.8. The van der Waals surface area contributed by atoms with E-state index < -0.39 is 0 Å². The van der Waals surface area contributed by atoms with Crippen LogP contribution in [0, 0.1) is 23.7 Å². The number of rotatable bonds is 2. The first-order valence-corrected chi connectivity index (χ1v) is 7.40. The second-order valence-electron chi connectivity index (χ2n) is 6.89. The van der Waals surface area contributed by atoms with Crippen molar-refractivity contribution in [2.45, 2.75) is 70.3 Å². The molecule has 3 fully saturated rings. The van der Waals surface area contributed by atoms with Gasteiger partial charge in [-0.1, -0.05) is 26.2 Å². The van der Waals surface area contributed by atoms with E-state index in [1.165, 1.54) is 44.9 Å². The van der Waals surface area contributed by atoms with E-state index >= 15 is 0 Å². The topological polar surface area (TPSA) is 20.2 Å². The van der Waals surface area contributed by atoms with Gasteiger partial charge in [-0.2, -0.15) is 0 Å². The van der Waals surface area contributed by atoms with Gasteiger partial charge in [-0.25, -0.2) is 0 Å². The van der Waals surface area contributed by atoms with Gasteiger partial charge in [-0.3, -0.25) is 0 Å². The van der Waals surface area contributed by atoms with Crippen LogP contribution in [0.25, 0.3) is 0 Å². The molecule has 0 aromatic carbocycles. The molecule has 3 rings (SSSR count). The highest BCUT2D eigenvalue weighted by molar-refractivity contribution is 4.96. The molecule has 0 aliphatic heterocycles. The van der Waals surface area contributed by atoms with E-state index in [0.717, 1.165) is 30.6 Å². The molecule has 1 heteroatoms. The van der Waals surface area contributed by atoms with Crippen LogP contribution >= 0.6 is 0 Å². The van der Waals surface area contributed by atoms with Crippen LogP contribution in [0.1, 0.15) is 64.7 Å². The molecule has 0 radical (unpaired) electrons. The number of hydrogen-bond acceptors (Lipinski definition) is 1. The molecule has 5 unspecified atom stereocenters.